The monoisotopic (exact) mass is 1470 g/mol. The van der Waals surface area contributed by atoms with Crippen LogP contribution in [0.2, 0.25) is 0 Å². The molecule has 5 amide bonds. The lowest BCUT2D eigenvalue weighted by molar-refractivity contribution is -0.255. The van der Waals surface area contributed by atoms with Crippen LogP contribution < -0.4 is 26.6 Å². The van der Waals surface area contributed by atoms with Crippen LogP contribution in [-0.2, 0) is 104 Å². The molecular formula is C71H140N7O22P. The van der Waals surface area contributed by atoms with Gasteiger partial charge in [0.15, 0.2) is 18.9 Å². The van der Waals surface area contributed by atoms with Gasteiger partial charge < -0.3 is 92.5 Å². The number of amides is 5. The minimum Gasteiger partial charge on any atom is -0.463 e. The smallest absolute Gasteiger partial charge is 0.302 e. The maximum atomic E-state index is 14.1. The van der Waals surface area contributed by atoms with Crippen molar-refractivity contribution in [3.63, 3.8) is 0 Å². The minimum atomic E-state index is -1.59. The van der Waals surface area contributed by atoms with E-state index in [1.54, 1.807) is 0 Å². The van der Waals surface area contributed by atoms with Gasteiger partial charge in [-0.25, -0.2) is 4.67 Å². The quantitative estimate of drug-likeness (QED) is 0.0125. The highest BCUT2D eigenvalue weighted by Gasteiger charge is 2.43. The van der Waals surface area contributed by atoms with E-state index in [0.717, 1.165) is 0 Å². The molecule has 3 aliphatic rings. The lowest BCUT2D eigenvalue weighted by atomic mass is 9.79. The van der Waals surface area contributed by atoms with E-state index in [-0.39, 0.29) is 261 Å². The first-order valence-electron chi connectivity index (χ1n) is 35.5. The summed E-state index contributed by atoms with van der Waals surface area (Å²) in [4.78, 5) is 102. The van der Waals surface area contributed by atoms with Crippen LogP contribution in [0.15, 0.2) is 0 Å². The first-order chi connectivity index (χ1) is 47.0. The van der Waals surface area contributed by atoms with Crippen molar-refractivity contribution in [2.24, 2.45) is 53.3 Å². The molecule has 0 aromatic carbocycles. The predicted octanol–water partition coefficient (Wildman–Crippen LogP) is 8.52. The van der Waals surface area contributed by atoms with E-state index < -0.39 is 69.7 Å². The van der Waals surface area contributed by atoms with Crippen molar-refractivity contribution in [3.05, 3.63) is 0 Å². The Kier molecular flexibility index (Phi) is 47.9. The summed E-state index contributed by atoms with van der Waals surface area (Å²) in [6, 6.07) is 2.27. The fourth-order valence-electron chi connectivity index (χ4n) is 11.7. The molecule has 0 aromatic heterocycles. The highest BCUT2D eigenvalue weighted by atomic mass is 31.2. The van der Waals surface area contributed by atoms with Crippen molar-refractivity contribution in [3.8, 4) is 6.07 Å². The lowest BCUT2D eigenvalue weighted by Crippen LogP contribution is -2.59. The molecule has 0 bridgehead atoms. The Morgan fingerprint density at radius 1 is 0.465 bits per heavy atom. The molecular weight excluding hydrogens is 1330 g/mol. The van der Waals surface area contributed by atoms with Crippen LogP contribution in [0.1, 0.15) is 184 Å². The molecule has 0 radical (unpaired) electrons. The van der Waals surface area contributed by atoms with Gasteiger partial charge in [0.2, 0.25) is 29.5 Å². The fraction of sp³-hybridized carbons (Fsp3) is 0.873. The fourth-order valence-corrected chi connectivity index (χ4v) is 13.3. The Morgan fingerprint density at radius 2 is 0.812 bits per heavy atom. The van der Waals surface area contributed by atoms with E-state index in [1.807, 2.05) is 34.6 Å². The summed E-state index contributed by atoms with van der Waals surface area (Å²) in [7, 11) is -1.51. The van der Waals surface area contributed by atoms with Crippen molar-refractivity contribution >= 4 is 56.0 Å². The Morgan fingerprint density at radius 3 is 1.18 bits per heavy atom. The minimum absolute atomic E-state index is 0. The number of esters is 3. The van der Waals surface area contributed by atoms with Crippen LogP contribution in [0.5, 0.6) is 0 Å². The largest absolute Gasteiger partial charge is 0.463 e. The van der Waals surface area contributed by atoms with Gasteiger partial charge in [0.1, 0.15) is 38.4 Å². The van der Waals surface area contributed by atoms with Crippen molar-refractivity contribution < 1.29 is 111 Å². The van der Waals surface area contributed by atoms with E-state index >= 15 is 0 Å². The zero-order valence-corrected chi connectivity index (χ0v) is 62.9. The third-order valence-corrected chi connectivity index (χ3v) is 20.7. The first-order valence-corrected chi connectivity index (χ1v) is 36.7. The van der Waals surface area contributed by atoms with Gasteiger partial charge in [-0.15, -0.1) is 0 Å². The van der Waals surface area contributed by atoms with Crippen LogP contribution in [-0.4, -0.2) is 226 Å². The zero-order chi connectivity index (χ0) is 73.6. The van der Waals surface area contributed by atoms with E-state index in [2.05, 4.69) is 92.7 Å². The number of nitriles is 1. The van der Waals surface area contributed by atoms with Gasteiger partial charge in [-0.3, -0.25) is 38.4 Å². The van der Waals surface area contributed by atoms with Gasteiger partial charge in [0.25, 0.3) is 8.53 Å². The molecule has 3 rings (SSSR count). The summed E-state index contributed by atoms with van der Waals surface area (Å²) in [6.07, 6.45) is -1.45. The topological polar surface area (TPSA) is 353 Å². The van der Waals surface area contributed by atoms with Gasteiger partial charge >= 0.3 is 17.9 Å². The summed E-state index contributed by atoms with van der Waals surface area (Å²) in [5, 5.41) is 23.3. The average molecular weight is 1470 g/mol. The number of rotatable bonds is 49. The molecule has 3 heterocycles. The SMILES string of the molecule is C.C.CC(=O)OCC1O[C@@H](OCCCNC(=O)CCOCC(COCCC(=O)NCCCO[C@@H]2OC(COC(C)=O)[C@H](C)[C@H](C)C2C)(COCC(=O)NCCCO[C@@H]2OC(COC(C)=O)[C@H](C)[C@H](C)C2C)NC(=O)CC(=O)NCCCOP(OCCC#N)N(C(C)C)C(C)C)C(C)[C@@H](C)[C@H]1C.[HH].[HH].[HH].[HH].[HH]. The number of ether oxygens (including phenoxy) is 12. The summed E-state index contributed by atoms with van der Waals surface area (Å²) in [5.74, 6) is -2.40. The number of carbonyl (C=O) groups excluding carboxylic acids is 8. The van der Waals surface area contributed by atoms with Crippen LogP contribution in [0.4, 0.5) is 0 Å². The molecule has 7 unspecified atom stereocenters. The van der Waals surface area contributed by atoms with Crippen molar-refractivity contribution in [1.29, 1.82) is 5.26 Å². The van der Waals surface area contributed by atoms with Gasteiger partial charge in [-0.2, -0.15) is 5.26 Å². The molecule has 0 aliphatic carbocycles. The van der Waals surface area contributed by atoms with Crippen LogP contribution in [0.25, 0.3) is 0 Å². The Hall–Kier alpha value is -4.80. The number of carbonyl (C=O) groups is 8. The average Bonchev–Trinajstić information content (AvgIpc) is 0.832. The van der Waals surface area contributed by atoms with Crippen molar-refractivity contribution in [1.82, 2.24) is 31.3 Å². The molecule has 3 fully saturated rings. The third-order valence-electron chi connectivity index (χ3n) is 18.6. The molecule has 5 N–H and O–H groups in total. The van der Waals surface area contributed by atoms with E-state index in [4.69, 9.17) is 71.2 Å². The summed E-state index contributed by atoms with van der Waals surface area (Å²) < 4.78 is 85.2. The standard InChI is InChI=1S/C69H122N7O22P.2CH4.5H2/c1-44(2)76(45(3)4)99(94-32-17-24-70)95-33-21-28-73-63(82)36-64(83)75-69(43-87-40-65(84)74-27-20-31-90-68-54(13)48(7)51(10)60(98-68)39-93-57(16)79,41-85-34-22-61(80)71-25-18-29-88-66-52(11)46(5)49(8)58(96-66)37-91-55(14)77)42-86-35-23-62(81)72-26-19-30-89-67-53(12)47(6)50(9)59(97-67)38-92-56(15)78;;;;;;;/h44-54,58-60,66-68H,17-23,25-43H2,1-16H3,(H,71,80)(H,72,81)(H,73,82)(H,74,84)(H,75,83);2*1H4;5*1H/t46-,47-,48-,49+,50+,51+,52?,53?,54?,58?,59?,60?,66+,67+,68+,69?,99?;;;;;;;/m0......./s1. The van der Waals surface area contributed by atoms with Crippen molar-refractivity contribution in [2.75, 3.05) is 119 Å². The maximum absolute atomic E-state index is 14.1. The van der Waals surface area contributed by atoms with Gasteiger partial charge in [0, 0.05) is 96.8 Å². The Balaban J connectivity index is -0.00000486. The maximum Gasteiger partial charge on any atom is 0.302 e. The van der Waals surface area contributed by atoms with Crippen LogP contribution in [0, 0.1) is 64.6 Å². The first kappa shape index (κ1) is 94.2. The van der Waals surface area contributed by atoms with Gasteiger partial charge in [-0.05, 0) is 88.9 Å². The molecule has 0 saturated carbocycles. The molecule has 16 atom stereocenters. The molecule has 0 aromatic rings. The highest BCUT2D eigenvalue weighted by Crippen LogP contribution is 2.46. The van der Waals surface area contributed by atoms with Gasteiger partial charge in [0.05, 0.1) is 96.9 Å². The molecule has 3 saturated heterocycles. The van der Waals surface area contributed by atoms with E-state index in [0.29, 0.717) is 25.7 Å². The number of hydrogen-bond donors (Lipinski definition) is 5. The number of nitrogens with zero attached hydrogens (tertiary/aromatic N) is 2. The van der Waals surface area contributed by atoms with E-state index in [1.165, 1.54) is 20.8 Å². The molecule has 101 heavy (non-hydrogen) atoms. The van der Waals surface area contributed by atoms with Gasteiger partial charge in [-0.1, -0.05) is 77.2 Å². The summed E-state index contributed by atoms with van der Waals surface area (Å²) in [6.45, 7) is 31.6. The summed E-state index contributed by atoms with van der Waals surface area (Å²) in [5.41, 5.74) is -1.59. The molecule has 0 spiro atoms. The van der Waals surface area contributed by atoms with E-state index in [9.17, 15) is 38.4 Å². The molecule has 30 heteroatoms. The Labute approximate surface area is 611 Å². The zero-order valence-electron chi connectivity index (χ0n) is 62.0. The summed E-state index contributed by atoms with van der Waals surface area (Å²) >= 11 is 0. The molecule has 596 valence electrons. The number of nitrogens with one attached hydrogen (secondary N) is 5. The Bertz CT molecular complexity index is 2390. The molecule has 29 nitrogen and oxygen atoms in total. The second kappa shape index (κ2) is 51.4. The second-order valence-electron chi connectivity index (χ2n) is 27.2. The highest BCUT2D eigenvalue weighted by molar-refractivity contribution is 7.44. The number of hydrogen-bond acceptors (Lipinski definition) is 24. The second-order valence-corrected chi connectivity index (χ2v) is 28.6. The van der Waals surface area contributed by atoms with Crippen molar-refractivity contribution in [2.45, 2.75) is 232 Å². The third kappa shape index (κ3) is 36.2. The lowest BCUT2D eigenvalue weighted by Gasteiger charge is -2.43. The molecule has 3 aliphatic heterocycles. The predicted molar refractivity (Wildman–Crippen MR) is 389 cm³/mol. The normalized spacial score (nSPS) is 25.8. The van der Waals surface area contributed by atoms with Crippen LogP contribution >= 0.6 is 8.53 Å². The van der Waals surface area contributed by atoms with Crippen LogP contribution in [0.3, 0.4) is 0 Å².